The van der Waals surface area contributed by atoms with E-state index in [1.165, 1.54) is 10.5 Å². The summed E-state index contributed by atoms with van der Waals surface area (Å²) < 4.78 is 38.5. The van der Waals surface area contributed by atoms with Gasteiger partial charge in [0.1, 0.15) is 0 Å². The van der Waals surface area contributed by atoms with Crippen LogP contribution in [-0.2, 0) is 6.42 Å². The Hall–Kier alpha value is -1.76. The monoisotopic (exact) mass is 342 g/mol. The Labute approximate surface area is 138 Å². The van der Waals surface area contributed by atoms with Crippen molar-refractivity contribution in [3.63, 3.8) is 0 Å². The number of aliphatic hydroxyl groups is 1. The molecule has 1 aliphatic carbocycles. The van der Waals surface area contributed by atoms with Crippen molar-refractivity contribution >= 4 is 6.03 Å². The van der Waals surface area contributed by atoms with Crippen LogP contribution in [0, 0.1) is 5.92 Å². The number of carbonyl (C=O) groups excluding carboxylic acids is 1. The van der Waals surface area contributed by atoms with Crippen molar-refractivity contribution in [1.82, 2.24) is 10.2 Å². The van der Waals surface area contributed by atoms with E-state index in [-0.39, 0.29) is 31.1 Å². The molecule has 0 saturated carbocycles. The molecule has 2 unspecified atom stereocenters. The van der Waals surface area contributed by atoms with Gasteiger partial charge < -0.3 is 15.3 Å². The number of urea groups is 1. The average Bonchev–Trinajstić information content (AvgIpc) is 2.83. The Bertz CT molecular complexity index is 625. The van der Waals surface area contributed by atoms with Crippen LogP contribution in [0.25, 0.3) is 0 Å². The lowest BCUT2D eigenvalue weighted by Gasteiger charge is -2.39. The Morgan fingerprint density at radius 3 is 2.54 bits per heavy atom. The number of alkyl halides is 3. The minimum atomic E-state index is -4.66. The lowest BCUT2D eigenvalue weighted by atomic mass is 9.91. The van der Waals surface area contributed by atoms with Crippen molar-refractivity contribution in [3.05, 3.63) is 35.4 Å². The predicted octanol–water partition coefficient (Wildman–Crippen LogP) is 3.02. The second-order valence-electron chi connectivity index (χ2n) is 6.82. The van der Waals surface area contributed by atoms with Crippen LogP contribution in [0.2, 0.25) is 0 Å². The number of nitrogens with one attached hydrogen (secondary N) is 1. The zero-order chi connectivity index (χ0) is 17.5. The van der Waals surface area contributed by atoms with Gasteiger partial charge in [0.2, 0.25) is 0 Å². The number of fused-ring (bicyclic) bond motifs is 1. The summed E-state index contributed by atoms with van der Waals surface area (Å²) in [6.45, 7) is 1.83. The summed E-state index contributed by atoms with van der Waals surface area (Å²) in [5.74, 6) is 0.239. The van der Waals surface area contributed by atoms with Crippen LogP contribution in [0.3, 0.4) is 0 Å². The minimum Gasteiger partial charge on any atom is -0.380 e. The topological polar surface area (TPSA) is 52.6 Å². The molecule has 1 saturated heterocycles. The second kappa shape index (κ2) is 5.95. The number of hydrogen-bond acceptors (Lipinski definition) is 2. The van der Waals surface area contributed by atoms with E-state index in [2.05, 4.69) is 5.32 Å². The predicted molar refractivity (Wildman–Crippen MR) is 82.4 cm³/mol. The molecule has 0 radical (unpaired) electrons. The van der Waals surface area contributed by atoms with Gasteiger partial charge in [-0.25, -0.2) is 4.79 Å². The molecule has 3 rings (SSSR count). The molecule has 2 N–H and O–H groups in total. The van der Waals surface area contributed by atoms with Crippen molar-refractivity contribution in [3.8, 4) is 0 Å². The molecule has 2 amide bonds. The van der Waals surface area contributed by atoms with Crippen LogP contribution in [0.4, 0.5) is 18.0 Å². The molecule has 1 aromatic carbocycles. The molecule has 1 aromatic rings. The van der Waals surface area contributed by atoms with E-state index in [4.69, 9.17) is 0 Å². The van der Waals surface area contributed by atoms with Crippen LogP contribution in [0.15, 0.2) is 24.3 Å². The van der Waals surface area contributed by atoms with Gasteiger partial charge in [-0.3, -0.25) is 0 Å². The molecule has 2 aliphatic rings. The highest BCUT2D eigenvalue weighted by atomic mass is 19.4. The van der Waals surface area contributed by atoms with Gasteiger partial charge >= 0.3 is 12.2 Å². The highest BCUT2D eigenvalue weighted by Gasteiger charge is 2.55. The summed E-state index contributed by atoms with van der Waals surface area (Å²) in [6, 6.07) is 7.38. The molecule has 24 heavy (non-hydrogen) atoms. The van der Waals surface area contributed by atoms with Gasteiger partial charge in [0.25, 0.3) is 0 Å². The normalized spacial score (nSPS) is 26.1. The van der Waals surface area contributed by atoms with Gasteiger partial charge in [0, 0.05) is 25.9 Å². The van der Waals surface area contributed by atoms with Crippen molar-refractivity contribution < 1.29 is 23.1 Å². The molecular formula is C17H21F3N2O2. The van der Waals surface area contributed by atoms with Crippen LogP contribution in [0.1, 0.15) is 36.9 Å². The summed E-state index contributed by atoms with van der Waals surface area (Å²) in [5, 5.41) is 12.6. The maximum absolute atomic E-state index is 12.8. The first-order valence-corrected chi connectivity index (χ1v) is 8.14. The first-order chi connectivity index (χ1) is 11.2. The fourth-order valence-corrected chi connectivity index (χ4v) is 3.60. The second-order valence-corrected chi connectivity index (χ2v) is 6.82. The van der Waals surface area contributed by atoms with E-state index >= 15 is 0 Å². The molecule has 1 aliphatic heterocycles. The number of rotatable bonds is 1. The Kier molecular flexibility index (Phi) is 4.23. The number of carbonyl (C=O) groups is 1. The van der Waals surface area contributed by atoms with Crippen molar-refractivity contribution in [2.45, 2.75) is 44.0 Å². The van der Waals surface area contributed by atoms with E-state index < -0.39 is 24.6 Å². The summed E-state index contributed by atoms with van der Waals surface area (Å²) in [5.41, 5.74) is -0.417. The summed E-state index contributed by atoms with van der Waals surface area (Å²) in [7, 11) is 0. The largest absolute Gasteiger partial charge is 0.417 e. The van der Waals surface area contributed by atoms with Gasteiger partial charge in [0.05, 0.1) is 6.04 Å². The molecule has 1 heterocycles. The molecule has 7 heteroatoms. The molecule has 0 aromatic heterocycles. The molecule has 0 bridgehead atoms. The molecule has 2 atom stereocenters. The fraction of sp³-hybridized carbons (Fsp3) is 0.588. The van der Waals surface area contributed by atoms with E-state index in [1.807, 2.05) is 31.2 Å². The van der Waals surface area contributed by atoms with Gasteiger partial charge in [0.15, 0.2) is 5.60 Å². The van der Waals surface area contributed by atoms with Crippen molar-refractivity contribution in [1.29, 1.82) is 0 Å². The van der Waals surface area contributed by atoms with Gasteiger partial charge in [-0.15, -0.1) is 0 Å². The van der Waals surface area contributed by atoms with Gasteiger partial charge in [-0.1, -0.05) is 31.2 Å². The maximum atomic E-state index is 12.8. The summed E-state index contributed by atoms with van der Waals surface area (Å²) in [4.78, 5) is 13.8. The Morgan fingerprint density at radius 1 is 1.29 bits per heavy atom. The molecule has 132 valence electrons. The van der Waals surface area contributed by atoms with E-state index in [0.717, 1.165) is 12.0 Å². The smallest absolute Gasteiger partial charge is 0.380 e. The number of benzene rings is 1. The maximum Gasteiger partial charge on any atom is 0.417 e. The minimum absolute atomic E-state index is 0.107. The number of nitrogens with zero attached hydrogens (tertiary/aromatic N) is 1. The number of hydrogen-bond donors (Lipinski definition) is 2. The Morgan fingerprint density at radius 2 is 1.92 bits per heavy atom. The summed E-state index contributed by atoms with van der Waals surface area (Å²) >= 11 is 0. The SMILES string of the molecule is CC1Cc2ccccc2C1NC(=O)N1CCC(O)(C(F)(F)F)CC1. The lowest BCUT2D eigenvalue weighted by Crippen LogP contribution is -2.56. The number of halogens is 3. The average molecular weight is 342 g/mol. The third-order valence-electron chi connectivity index (χ3n) is 5.19. The number of amides is 2. The third kappa shape index (κ3) is 2.97. The quantitative estimate of drug-likeness (QED) is 0.824. The van der Waals surface area contributed by atoms with Gasteiger partial charge in [-0.2, -0.15) is 13.2 Å². The number of likely N-dealkylation sites (tertiary alicyclic amines) is 1. The standard InChI is InChI=1S/C17H21F3N2O2/c1-11-10-12-4-2-3-5-13(12)14(11)21-15(23)22-8-6-16(24,7-9-22)17(18,19)20/h2-5,11,14,24H,6-10H2,1H3,(H,21,23). The number of piperidine rings is 1. The zero-order valence-corrected chi connectivity index (χ0v) is 13.4. The molecule has 0 spiro atoms. The molecule has 1 fully saturated rings. The van der Waals surface area contributed by atoms with Gasteiger partial charge in [-0.05, 0) is 23.5 Å². The van der Waals surface area contributed by atoms with Crippen molar-refractivity contribution in [2.24, 2.45) is 5.92 Å². The first kappa shape index (κ1) is 17.1. The Balaban J connectivity index is 1.63. The third-order valence-corrected chi connectivity index (χ3v) is 5.19. The van der Waals surface area contributed by atoms with E-state index in [1.54, 1.807) is 0 Å². The van der Waals surface area contributed by atoms with E-state index in [9.17, 15) is 23.1 Å². The highest BCUT2D eigenvalue weighted by Crippen LogP contribution is 2.39. The molecular weight excluding hydrogens is 321 g/mol. The van der Waals surface area contributed by atoms with Crippen LogP contribution < -0.4 is 5.32 Å². The van der Waals surface area contributed by atoms with Crippen LogP contribution in [0.5, 0.6) is 0 Å². The van der Waals surface area contributed by atoms with Crippen molar-refractivity contribution in [2.75, 3.05) is 13.1 Å². The highest BCUT2D eigenvalue weighted by molar-refractivity contribution is 5.75. The van der Waals surface area contributed by atoms with Crippen LogP contribution in [-0.4, -0.2) is 40.9 Å². The van der Waals surface area contributed by atoms with Crippen LogP contribution >= 0.6 is 0 Å². The lowest BCUT2D eigenvalue weighted by molar-refractivity contribution is -0.271. The molecule has 4 nitrogen and oxygen atoms in total. The zero-order valence-electron chi connectivity index (χ0n) is 13.4. The fourth-order valence-electron chi connectivity index (χ4n) is 3.60. The summed E-state index contributed by atoms with van der Waals surface area (Å²) in [6.07, 6.45) is -4.76. The first-order valence-electron chi connectivity index (χ1n) is 8.14. The van der Waals surface area contributed by atoms with E-state index in [0.29, 0.717) is 0 Å².